The van der Waals surface area contributed by atoms with Crippen molar-refractivity contribution >= 4 is 6.08 Å². The number of fused-ring (bicyclic) bond motifs is 1. The standard InChI is InChI=1S/C11H12O/c1-9-5-6-11-10(8-9)4-2-3-7-12-11/h2,4-6,8H,3,7H2,1H3. The molecule has 0 amide bonds. The van der Waals surface area contributed by atoms with Crippen LogP contribution >= 0.6 is 0 Å². The predicted octanol–water partition coefficient (Wildman–Crippen LogP) is 2.79. The molecule has 0 atom stereocenters. The molecule has 0 spiro atoms. The summed E-state index contributed by atoms with van der Waals surface area (Å²) in [5.41, 5.74) is 2.48. The van der Waals surface area contributed by atoms with Gasteiger partial charge in [-0.15, -0.1) is 0 Å². The summed E-state index contributed by atoms with van der Waals surface area (Å²) >= 11 is 0. The Balaban J connectivity index is 2.47. The molecule has 62 valence electrons. The van der Waals surface area contributed by atoms with Gasteiger partial charge in [-0.05, 0) is 25.5 Å². The van der Waals surface area contributed by atoms with Gasteiger partial charge in [0.15, 0.2) is 0 Å². The number of hydrogen-bond acceptors (Lipinski definition) is 1. The summed E-state index contributed by atoms with van der Waals surface area (Å²) in [6.45, 7) is 2.89. The Bertz CT molecular complexity index is 313. The fraction of sp³-hybridized carbons (Fsp3) is 0.273. The van der Waals surface area contributed by atoms with E-state index < -0.39 is 0 Å². The summed E-state index contributed by atoms with van der Waals surface area (Å²) in [5, 5.41) is 0. The van der Waals surface area contributed by atoms with Gasteiger partial charge < -0.3 is 4.74 Å². The van der Waals surface area contributed by atoms with Crippen molar-refractivity contribution < 1.29 is 4.74 Å². The van der Waals surface area contributed by atoms with Gasteiger partial charge in [-0.2, -0.15) is 0 Å². The molecule has 0 saturated carbocycles. The summed E-state index contributed by atoms with van der Waals surface area (Å²) < 4.78 is 5.54. The highest BCUT2D eigenvalue weighted by Crippen LogP contribution is 2.23. The van der Waals surface area contributed by atoms with Crippen molar-refractivity contribution in [3.63, 3.8) is 0 Å². The van der Waals surface area contributed by atoms with E-state index in [1.54, 1.807) is 0 Å². The third-order valence-electron chi connectivity index (χ3n) is 2.00. The lowest BCUT2D eigenvalue weighted by Crippen LogP contribution is -1.94. The van der Waals surface area contributed by atoms with Crippen molar-refractivity contribution in [3.8, 4) is 5.75 Å². The van der Waals surface area contributed by atoms with Crippen LogP contribution in [0, 0.1) is 6.92 Å². The maximum atomic E-state index is 5.54. The summed E-state index contributed by atoms with van der Waals surface area (Å²) in [6, 6.07) is 6.27. The second-order valence-electron chi connectivity index (χ2n) is 3.08. The topological polar surface area (TPSA) is 9.23 Å². The minimum atomic E-state index is 0.798. The van der Waals surface area contributed by atoms with Crippen LogP contribution in [0.25, 0.3) is 6.08 Å². The normalized spacial score (nSPS) is 14.8. The zero-order chi connectivity index (χ0) is 8.39. The third kappa shape index (κ3) is 1.35. The lowest BCUT2D eigenvalue weighted by molar-refractivity contribution is 0.326. The Morgan fingerprint density at radius 1 is 1.33 bits per heavy atom. The average molecular weight is 160 g/mol. The van der Waals surface area contributed by atoms with E-state index >= 15 is 0 Å². The molecule has 0 aromatic heterocycles. The van der Waals surface area contributed by atoms with Gasteiger partial charge in [0.25, 0.3) is 0 Å². The SMILES string of the molecule is Cc1ccc2c(c1)C=CCCO2. The van der Waals surface area contributed by atoms with Crippen LogP contribution in [0.5, 0.6) is 5.75 Å². The molecule has 1 nitrogen and oxygen atoms in total. The molecular formula is C11H12O. The van der Waals surface area contributed by atoms with Crippen LogP contribution in [0.3, 0.4) is 0 Å². The molecule has 1 aliphatic rings. The molecule has 1 heteroatoms. The monoisotopic (exact) mass is 160 g/mol. The van der Waals surface area contributed by atoms with Gasteiger partial charge >= 0.3 is 0 Å². The van der Waals surface area contributed by atoms with Crippen LogP contribution in [-0.4, -0.2) is 6.61 Å². The van der Waals surface area contributed by atoms with Crippen molar-refractivity contribution in [3.05, 3.63) is 35.4 Å². The van der Waals surface area contributed by atoms with Gasteiger partial charge in [-0.3, -0.25) is 0 Å². The molecule has 1 aromatic rings. The first kappa shape index (κ1) is 7.41. The van der Waals surface area contributed by atoms with E-state index in [-0.39, 0.29) is 0 Å². The zero-order valence-electron chi connectivity index (χ0n) is 7.21. The van der Waals surface area contributed by atoms with Gasteiger partial charge in [-0.25, -0.2) is 0 Å². The zero-order valence-corrected chi connectivity index (χ0v) is 7.21. The number of ether oxygens (including phenoxy) is 1. The summed E-state index contributed by atoms with van der Waals surface area (Å²) in [6.07, 6.45) is 5.30. The lowest BCUT2D eigenvalue weighted by Gasteiger charge is -2.05. The molecule has 1 heterocycles. The molecule has 0 aliphatic carbocycles. The highest BCUT2D eigenvalue weighted by Gasteiger charge is 2.02. The molecular weight excluding hydrogens is 148 g/mol. The maximum absolute atomic E-state index is 5.54. The summed E-state index contributed by atoms with van der Waals surface area (Å²) in [4.78, 5) is 0. The first-order valence-corrected chi connectivity index (χ1v) is 4.26. The smallest absolute Gasteiger partial charge is 0.126 e. The average Bonchev–Trinajstić information content (AvgIpc) is 2.28. The largest absolute Gasteiger partial charge is 0.493 e. The Labute approximate surface area is 72.7 Å². The lowest BCUT2D eigenvalue weighted by atomic mass is 10.1. The highest BCUT2D eigenvalue weighted by molar-refractivity contribution is 5.58. The number of hydrogen-bond donors (Lipinski definition) is 0. The Morgan fingerprint density at radius 2 is 2.25 bits per heavy atom. The molecule has 0 unspecified atom stereocenters. The molecule has 0 saturated heterocycles. The molecule has 12 heavy (non-hydrogen) atoms. The molecule has 1 aromatic carbocycles. The molecule has 1 aliphatic heterocycles. The Hall–Kier alpha value is -1.24. The van der Waals surface area contributed by atoms with Crippen molar-refractivity contribution in [1.82, 2.24) is 0 Å². The highest BCUT2D eigenvalue weighted by atomic mass is 16.5. The fourth-order valence-corrected chi connectivity index (χ4v) is 1.38. The van der Waals surface area contributed by atoms with Crippen molar-refractivity contribution in [2.24, 2.45) is 0 Å². The fourth-order valence-electron chi connectivity index (χ4n) is 1.38. The summed E-state index contributed by atoms with van der Waals surface area (Å²) in [5.74, 6) is 1.01. The quantitative estimate of drug-likeness (QED) is 0.567. The van der Waals surface area contributed by atoms with Gasteiger partial charge in [0, 0.05) is 5.56 Å². The van der Waals surface area contributed by atoms with E-state index in [9.17, 15) is 0 Å². The van der Waals surface area contributed by atoms with E-state index in [0.717, 1.165) is 18.8 Å². The first-order chi connectivity index (χ1) is 5.86. The van der Waals surface area contributed by atoms with Gasteiger partial charge in [0.2, 0.25) is 0 Å². The van der Waals surface area contributed by atoms with E-state index in [0.29, 0.717) is 0 Å². The first-order valence-electron chi connectivity index (χ1n) is 4.26. The third-order valence-corrected chi connectivity index (χ3v) is 2.00. The van der Waals surface area contributed by atoms with Crippen molar-refractivity contribution in [1.29, 1.82) is 0 Å². The van der Waals surface area contributed by atoms with Crippen LogP contribution in [0.4, 0.5) is 0 Å². The van der Waals surface area contributed by atoms with Gasteiger partial charge in [-0.1, -0.05) is 23.8 Å². The molecule has 0 N–H and O–H groups in total. The Morgan fingerprint density at radius 3 is 3.17 bits per heavy atom. The molecule has 0 bridgehead atoms. The van der Waals surface area contributed by atoms with Crippen molar-refractivity contribution in [2.45, 2.75) is 13.3 Å². The number of aryl methyl sites for hydroxylation is 1. The van der Waals surface area contributed by atoms with Crippen LogP contribution < -0.4 is 4.74 Å². The van der Waals surface area contributed by atoms with Crippen molar-refractivity contribution in [2.75, 3.05) is 6.61 Å². The van der Waals surface area contributed by atoms with E-state index in [2.05, 4.69) is 31.2 Å². The van der Waals surface area contributed by atoms with E-state index in [4.69, 9.17) is 4.74 Å². The Kier molecular flexibility index (Phi) is 1.86. The van der Waals surface area contributed by atoms with Crippen LogP contribution in [-0.2, 0) is 0 Å². The molecule has 0 fully saturated rings. The van der Waals surface area contributed by atoms with Crippen LogP contribution in [0.15, 0.2) is 24.3 Å². The van der Waals surface area contributed by atoms with E-state index in [1.807, 2.05) is 6.07 Å². The minimum absolute atomic E-state index is 0.798. The van der Waals surface area contributed by atoms with E-state index in [1.165, 1.54) is 11.1 Å². The van der Waals surface area contributed by atoms with Gasteiger partial charge in [0.05, 0.1) is 6.61 Å². The summed E-state index contributed by atoms with van der Waals surface area (Å²) in [7, 11) is 0. The molecule has 0 radical (unpaired) electrons. The minimum Gasteiger partial charge on any atom is -0.493 e. The second-order valence-corrected chi connectivity index (χ2v) is 3.08. The molecule has 2 rings (SSSR count). The van der Waals surface area contributed by atoms with Crippen LogP contribution in [0.1, 0.15) is 17.5 Å². The number of rotatable bonds is 0. The number of benzene rings is 1. The van der Waals surface area contributed by atoms with Crippen LogP contribution in [0.2, 0.25) is 0 Å². The predicted molar refractivity (Wildman–Crippen MR) is 50.3 cm³/mol. The maximum Gasteiger partial charge on any atom is 0.126 e. The second kappa shape index (κ2) is 3.02. The van der Waals surface area contributed by atoms with Gasteiger partial charge in [0.1, 0.15) is 5.75 Å².